The van der Waals surface area contributed by atoms with Crippen molar-refractivity contribution in [1.82, 2.24) is 0 Å². The molecule has 0 saturated heterocycles. The van der Waals surface area contributed by atoms with Crippen LogP contribution in [0.1, 0.15) is 51.5 Å². The Morgan fingerprint density at radius 1 is 1.19 bits per heavy atom. The van der Waals surface area contributed by atoms with Gasteiger partial charge in [-0.25, -0.2) is 0 Å². The quantitative estimate of drug-likeness (QED) is 0.839. The molecule has 3 atom stereocenters. The number of anilines is 1. The van der Waals surface area contributed by atoms with E-state index >= 15 is 0 Å². The molecule has 1 aliphatic rings. The summed E-state index contributed by atoms with van der Waals surface area (Å²) in [6, 6.07) is 8.59. The molecule has 21 heavy (non-hydrogen) atoms. The molecule has 1 aromatic rings. The molecule has 3 unspecified atom stereocenters. The fraction of sp³-hybridized carbons (Fsp3) is 0.684. The Labute approximate surface area is 130 Å². The van der Waals surface area contributed by atoms with Crippen LogP contribution in [-0.4, -0.2) is 24.3 Å². The number of aliphatic hydroxyl groups is 1. The third kappa shape index (κ3) is 4.23. The van der Waals surface area contributed by atoms with Crippen LogP contribution in [0.15, 0.2) is 24.3 Å². The van der Waals surface area contributed by atoms with Gasteiger partial charge in [-0.1, -0.05) is 38.0 Å². The lowest BCUT2D eigenvalue weighted by Crippen LogP contribution is -2.39. The predicted octanol–water partition coefficient (Wildman–Crippen LogP) is 4.40. The van der Waals surface area contributed by atoms with Gasteiger partial charge in [-0.15, -0.1) is 0 Å². The monoisotopic (exact) mass is 289 g/mol. The zero-order valence-corrected chi connectivity index (χ0v) is 13.9. The summed E-state index contributed by atoms with van der Waals surface area (Å²) in [6.45, 7) is 8.65. The van der Waals surface area contributed by atoms with Gasteiger partial charge in [0.05, 0.1) is 6.10 Å². The second kappa shape index (κ2) is 7.84. The van der Waals surface area contributed by atoms with E-state index in [1.54, 1.807) is 0 Å². The van der Waals surface area contributed by atoms with Crippen LogP contribution in [0.3, 0.4) is 0 Å². The highest BCUT2D eigenvalue weighted by Crippen LogP contribution is 2.33. The zero-order chi connectivity index (χ0) is 15.2. The number of para-hydroxylation sites is 1. The smallest absolute Gasteiger partial charge is 0.0585 e. The summed E-state index contributed by atoms with van der Waals surface area (Å²) in [6.07, 6.45) is 5.86. The highest BCUT2D eigenvalue weighted by molar-refractivity contribution is 5.52. The number of nitrogens with zero attached hydrogens (tertiary/aromatic N) is 1. The average Bonchev–Trinajstić information content (AvgIpc) is 2.49. The predicted molar refractivity (Wildman–Crippen MR) is 90.8 cm³/mol. The van der Waals surface area contributed by atoms with Crippen molar-refractivity contribution >= 4 is 5.69 Å². The number of rotatable bonds is 6. The minimum atomic E-state index is -0.115. The van der Waals surface area contributed by atoms with Gasteiger partial charge in [-0.2, -0.15) is 0 Å². The summed E-state index contributed by atoms with van der Waals surface area (Å²) in [4.78, 5) is 2.44. The SMILES string of the molecule is CCCC1CCC(O)C(CN(CC)c2ccccc2C)C1. The Bertz CT molecular complexity index is 431. The number of aliphatic hydroxyl groups excluding tert-OH is 1. The summed E-state index contributed by atoms with van der Waals surface area (Å²) in [5.74, 6) is 1.24. The van der Waals surface area contributed by atoms with Crippen molar-refractivity contribution in [2.24, 2.45) is 11.8 Å². The summed E-state index contributed by atoms with van der Waals surface area (Å²) in [7, 11) is 0. The maximum absolute atomic E-state index is 10.4. The topological polar surface area (TPSA) is 23.5 Å². The van der Waals surface area contributed by atoms with Gasteiger partial charge < -0.3 is 10.0 Å². The Kier molecular flexibility index (Phi) is 6.10. The van der Waals surface area contributed by atoms with E-state index in [1.807, 2.05) is 0 Å². The molecule has 1 aliphatic carbocycles. The minimum absolute atomic E-state index is 0.115. The summed E-state index contributed by atoms with van der Waals surface area (Å²) in [5.41, 5.74) is 2.65. The molecule has 2 heteroatoms. The van der Waals surface area contributed by atoms with Crippen LogP contribution < -0.4 is 4.90 Å². The third-order valence-corrected chi connectivity index (χ3v) is 5.04. The molecule has 0 aliphatic heterocycles. The lowest BCUT2D eigenvalue weighted by atomic mass is 9.77. The lowest BCUT2D eigenvalue weighted by Gasteiger charge is -2.37. The molecular formula is C19H31NO. The van der Waals surface area contributed by atoms with E-state index in [9.17, 15) is 5.11 Å². The van der Waals surface area contributed by atoms with Gasteiger partial charge in [0.2, 0.25) is 0 Å². The summed E-state index contributed by atoms with van der Waals surface area (Å²) >= 11 is 0. The second-order valence-corrected chi connectivity index (χ2v) is 6.62. The van der Waals surface area contributed by atoms with Gasteiger partial charge >= 0.3 is 0 Å². The normalized spacial score (nSPS) is 25.8. The maximum atomic E-state index is 10.4. The average molecular weight is 289 g/mol. The van der Waals surface area contributed by atoms with Gasteiger partial charge in [0, 0.05) is 24.7 Å². The molecule has 0 aromatic heterocycles. The van der Waals surface area contributed by atoms with E-state index in [0.29, 0.717) is 5.92 Å². The first-order valence-corrected chi connectivity index (χ1v) is 8.64. The van der Waals surface area contributed by atoms with E-state index < -0.39 is 0 Å². The number of aryl methyl sites for hydroxylation is 1. The first kappa shape index (κ1) is 16.4. The van der Waals surface area contributed by atoms with E-state index in [-0.39, 0.29) is 6.10 Å². The molecule has 1 N–H and O–H groups in total. The molecule has 0 spiro atoms. The van der Waals surface area contributed by atoms with Gasteiger partial charge in [-0.3, -0.25) is 0 Å². The van der Waals surface area contributed by atoms with E-state index in [0.717, 1.165) is 25.4 Å². The zero-order valence-electron chi connectivity index (χ0n) is 13.9. The molecule has 0 heterocycles. The fourth-order valence-electron chi connectivity index (χ4n) is 3.81. The van der Waals surface area contributed by atoms with Crippen molar-refractivity contribution in [3.63, 3.8) is 0 Å². The largest absolute Gasteiger partial charge is 0.393 e. The van der Waals surface area contributed by atoms with Crippen molar-refractivity contribution in [1.29, 1.82) is 0 Å². The van der Waals surface area contributed by atoms with Gasteiger partial charge in [0.1, 0.15) is 0 Å². The molecule has 1 fully saturated rings. The summed E-state index contributed by atoms with van der Waals surface area (Å²) < 4.78 is 0. The Hall–Kier alpha value is -1.02. The van der Waals surface area contributed by atoms with Gasteiger partial charge in [0.25, 0.3) is 0 Å². The van der Waals surface area contributed by atoms with Crippen LogP contribution >= 0.6 is 0 Å². The van der Waals surface area contributed by atoms with Gasteiger partial charge in [-0.05, 0) is 50.7 Å². The minimum Gasteiger partial charge on any atom is -0.393 e. The maximum Gasteiger partial charge on any atom is 0.0585 e. The third-order valence-electron chi connectivity index (χ3n) is 5.04. The van der Waals surface area contributed by atoms with E-state index in [2.05, 4.69) is 49.9 Å². The van der Waals surface area contributed by atoms with Crippen LogP contribution in [-0.2, 0) is 0 Å². The number of benzene rings is 1. The van der Waals surface area contributed by atoms with Crippen molar-refractivity contribution in [2.75, 3.05) is 18.0 Å². The molecule has 2 rings (SSSR count). The van der Waals surface area contributed by atoms with Crippen LogP contribution in [0.25, 0.3) is 0 Å². The molecule has 2 nitrogen and oxygen atoms in total. The van der Waals surface area contributed by atoms with Crippen LogP contribution in [0.4, 0.5) is 5.69 Å². The van der Waals surface area contributed by atoms with Crippen molar-refractivity contribution < 1.29 is 5.11 Å². The molecule has 118 valence electrons. The molecule has 0 radical (unpaired) electrons. The van der Waals surface area contributed by atoms with Crippen molar-refractivity contribution in [2.45, 2.75) is 59.0 Å². The highest BCUT2D eigenvalue weighted by atomic mass is 16.3. The lowest BCUT2D eigenvalue weighted by molar-refractivity contribution is 0.0495. The highest BCUT2D eigenvalue weighted by Gasteiger charge is 2.30. The van der Waals surface area contributed by atoms with Crippen LogP contribution in [0, 0.1) is 18.8 Å². The molecule has 0 amide bonds. The fourth-order valence-corrected chi connectivity index (χ4v) is 3.81. The van der Waals surface area contributed by atoms with Crippen molar-refractivity contribution in [3.05, 3.63) is 29.8 Å². The van der Waals surface area contributed by atoms with Crippen molar-refractivity contribution in [3.8, 4) is 0 Å². The standard InChI is InChI=1S/C19H31NO/c1-4-8-16-11-12-19(21)17(13-16)14-20(5-2)18-10-7-6-9-15(18)3/h6-7,9-10,16-17,19,21H,4-5,8,11-14H2,1-3H3. The molecule has 1 aromatic carbocycles. The first-order valence-electron chi connectivity index (χ1n) is 8.64. The van der Waals surface area contributed by atoms with Crippen LogP contribution in [0.5, 0.6) is 0 Å². The first-order chi connectivity index (χ1) is 10.2. The molecular weight excluding hydrogens is 258 g/mol. The number of hydrogen-bond acceptors (Lipinski definition) is 2. The molecule has 0 bridgehead atoms. The Morgan fingerprint density at radius 2 is 1.95 bits per heavy atom. The van der Waals surface area contributed by atoms with E-state index in [4.69, 9.17) is 0 Å². The molecule has 1 saturated carbocycles. The summed E-state index contributed by atoms with van der Waals surface area (Å²) in [5, 5.41) is 10.4. The number of hydrogen-bond donors (Lipinski definition) is 1. The van der Waals surface area contributed by atoms with E-state index in [1.165, 1.54) is 36.9 Å². The second-order valence-electron chi connectivity index (χ2n) is 6.62. The van der Waals surface area contributed by atoms with Crippen LogP contribution in [0.2, 0.25) is 0 Å². The van der Waals surface area contributed by atoms with Gasteiger partial charge in [0.15, 0.2) is 0 Å². The Morgan fingerprint density at radius 3 is 2.62 bits per heavy atom. The Balaban J connectivity index is 2.04.